The molecule has 0 aromatic heterocycles. The van der Waals surface area contributed by atoms with Crippen molar-refractivity contribution in [2.45, 2.75) is 225 Å². The van der Waals surface area contributed by atoms with Gasteiger partial charge in [0.05, 0.1) is 78.6 Å². The van der Waals surface area contributed by atoms with Crippen LogP contribution in [-0.4, -0.2) is 107 Å². The number of carboxylic acids is 1. The van der Waals surface area contributed by atoms with Gasteiger partial charge in [-0.15, -0.1) is 0 Å². The van der Waals surface area contributed by atoms with E-state index >= 15 is 0 Å². The van der Waals surface area contributed by atoms with Gasteiger partial charge in [-0.1, -0.05) is 20.8 Å². The first-order valence-electron chi connectivity index (χ1n) is 21.8. The highest BCUT2D eigenvalue weighted by Gasteiger charge is 2.40. The molecule has 4 rings (SSSR count). The number of aliphatic hydroxyl groups excluding tert-OH is 1. The van der Waals surface area contributed by atoms with E-state index in [4.69, 9.17) is 33.2 Å². The Kier molecular flexibility index (Phi) is 18.4. The zero-order valence-electron chi connectivity index (χ0n) is 35.2. The van der Waals surface area contributed by atoms with Crippen molar-refractivity contribution in [2.24, 2.45) is 23.7 Å². The van der Waals surface area contributed by atoms with Gasteiger partial charge in [-0.2, -0.15) is 0 Å². The van der Waals surface area contributed by atoms with Crippen molar-refractivity contribution in [2.75, 3.05) is 0 Å². The van der Waals surface area contributed by atoms with Gasteiger partial charge in [-0.25, -0.2) is 0 Å². The minimum absolute atomic E-state index is 0.0279. The second kappa shape index (κ2) is 22.2. The van der Waals surface area contributed by atoms with Crippen LogP contribution in [0.3, 0.4) is 0 Å². The predicted octanol–water partition coefficient (Wildman–Crippen LogP) is 6.71. The molecule has 4 heterocycles. The summed E-state index contributed by atoms with van der Waals surface area (Å²) in [5.74, 6) is -3.64. The van der Waals surface area contributed by atoms with Crippen molar-refractivity contribution in [1.82, 2.24) is 0 Å². The summed E-state index contributed by atoms with van der Waals surface area (Å²) in [6.45, 7) is 14.9. The molecule has 0 saturated carbocycles. The van der Waals surface area contributed by atoms with Crippen LogP contribution in [0.2, 0.25) is 0 Å². The molecule has 16 unspecified atom stereocenters. The Bertz CT molecular complexity index is 1260. The number of hydrogen-bond acceptors (Lipinski definition) is 12. The van der Waals surface area contributed by atoms with Gasteiger partial charge in [0.15, 0.2) is 0 Å². The summed E-state index contributed by atoms with van der Waals surface area (Å²) in [4.78, 5) is 50.8. The first kappa shape index (κ1) is 46.4. The van der Waals surface area contributed by atoms with Crippen LogP contribution in [0.1, 0.15) is 152 Å². The van der Waals surface area contributed by atoms with Crippen molar-refractivity contribution in [3.05, 3.63) is 0 Å². The van der Waals surface area contributed by atoms with Crippen LogP contribution in [0.4, 0.5) is 0 Å². The van der Waals surface area contributed by atoms with Crippen LogP contribution in [0.15, 0.2) is 0 Å². The van der Waals surface area contributed by atoms with Gasteiger partial charge in [0.1, 0.15) is 18.3 Å². The standard InChI is InChI=1S/C43H72O13/c1-9-29(44)21-33-13-18-39(52-33)28(8)43(49)56-31(11-3)23-35-15-19-37(54-35)26(6)41(47)50-24(4)20-32-12-17-38(51-32)27(7)42(48)55-30(10-2)22-34-14-16-36(53-34)25(5)40(45)46/h24-39,44H,9-23H2,1-8H3,(H,45,46). The molecule has 0 bridgehead atoms. The first-order valence-corrected chi connectivity index (χ1v) is 21.8. The van der Waals surface area contributed by atoms with E-state index < -0.39 is 29.6 Å². The topological polar surface area (TPSA) is 173 Å². The average Bonchev–Trinajstić information content (AvgIpc) is 4.01. The van der Waals surface area contributed by atoms with Gasteiger partial charge < -0.3 is 43.4 Å². The van der Waals surface area contributed by atoms with Crippen molar-refractivity contribution in [3.63, 3.8) is 0 Å². The zero-order valence-corrected chi connectivity index (χ0v) is 35.2. The van der Waals surface area contributed by atoms with Gasteiger partial charge in [-0.3, -0.25) is 19.2 Å². The number of carbonyl (C=O) groups excluding carboxylic acids is 3. The number of aliphatic hydroxyl groups is 1. The summed E-state index contributed by atoms with van der Waals surface area (Å²) in [6.07, 6.45) is 7.28. The zero-order chi connectivity index (χ0) is 41.1. The third kappa shape index (κ3) is 13.4. The number of hydrogen-bond donors (Lipinski definition) is 2. The molecule has 2 N–H and O–H groups in total. The molecule has 4 aliphatic heterocycles. The van der Waals surface area contributed by atoms with Crippen LogP contribution in [-0.2, 0) is 52.3 Å². The number of carbonyl (C=O) groups is 4. The predicted molar refractivity (Wildman–Crippen MR) is 207 cm³/mol. The molecule has 56 heavy (non-hydrogen) atoms. The maximum absolute atomic E-state index is 13.2. The van der Waals surface area contributed by atoms with Gasteiger partial charge in [0, 0.05) is 19.3 Å². The summed E-state index contributed by atoms with van der Waals surface area (Å²) in [6, 6.07) is 0. The summed E-state index contributed by atoms with van der Waals surface area (Å²) in [7, 11) is 0. The fourth-order valence-corrected chi connectivity index (χ4v) is 8.63. The van der Waals surface area contributed by atoms with E-state index in [2.05, 4.69) is 0 Å². The van der Waals surface area contributed by atoms with Crippen molar-refractivity contribution in [1.29, 1.82) is 0 Å². The molecule has 13 nitrogen and oxygen atoms in total. The lowest BCUT2D eigenvalue weighted by Gasteiger charge is -2.26. The van der Waals surface area contributed by atoms with Crippen LogP contribution >= 0.6 is 0 Å². The molecule has 322 valence electrons. The second-order valence-electron chi connectivity index (χ2n) is 17.2. The molecule has 4 fully saturated rings. The molecular weight excluding hydrogens is 724 g/mol. The van der Waals surface area contributed by atoms with Crippen LogP contribution in [0.25, 0.3) is 0 Å². The van der Waals surface area contributed by atoms with Crippen LogP contribution in [0, 0.1) is 23.7 Å². The SMILES string of the molecule is CCC(O)CC1CCC(C(C)C(=O)OC(CC)CC2CCC(C(C)C(=O)OC(C)CC3CCC(C(C)C(=O)OC(CC)CC4CCC(C(C)C(=O)O)O4)O3)O2)O1. The van der Waals surface area contributed by atoms with Gasteiger partial charge in [0.25, 0.3) is 0 Å². The minimum Gasteiger partial charge on any atom is -0.481 e. The third-order valence-corrected chi connectivity index (χ3v) is 12.7. The summed E-state index contributed by atoms with van der Waals surface area (Å²) in [5.41, 5.74) is 0. The van der Waals surface area contributed by atoms with Crippen molar-refractivity contribution >= 4 is 23.9 Å². The van der Waals surface area contributed by atoms with E-state index in [0.29, 0.717) is 57.8 Å². The lowest BCUT2D eigenvalue weighted by molar-refractivity contribution is -0.162. The largest absolute Gasteiger partial charge is 0.481 e. The van der Waals surface area contributed by atoms with Crippen molar-refractivity contribution < 1.29 is 62.5 Å². The quantitative estimate of drug-likeness (QED) is 0.0875. The van der Waals surface area contributed by atoms with Crippen molar-refractivity contribution in [3.8, 4) is 0 Å². The maximum Gasteiger partial charge on any atom is 0.311 e. The monoisotopic (exact) mass is 796 g/mol. The second-order valence-corrected chi connectivity index (χ2v) is 17.2. The fraction of sp³-hybridized carbons (Fsp3) is 0.907. The Hall–Kier alpha value is -2.32. The summed E-state index contributed by atoms with van der Waals surface area (Å²) in [5, 5.41) is 19.3. The van der Waals surface area contributed by atoms with Crippen LogP contribution < -0.4 is 0 Å². The molecule has 0 aromatic rings. The average molecular weight is 797 g/mol. The van der Waals surface area contributed by atoms with Gasteiger partial charge in [-0.05, 0) is 112 Å². The molecule has 4 aliphatic rings. The fourth-order valence-electron chi connectivity index (χ4n) is 8.63. The highest BCUT2D eigenvalue weighted by Crippen LogP contribution is 2.34. The van der Waals surface area contributed by atoms with Gasteiger partial charge >= 0.3 is 23.9 Å². The Labute approximate surface area is 334 Å². The number of ether oxygens (including phenoxy) is 7. The Morgan fingerprint density at radius 2 is 0.839 bits per heavy atom. The molecular formula is C43H72O13. The lowest BCUT2D eigenvalue weighted by Crippen LogP contribution is -2.34. The number of aliphatic carboxylic acids is 1. The minimum atomic E-state index is -0.868. The van der Waals surface area contributed by atoms with E-state index in [-0.39, 0.29) is 91.2 Å². The molecule has 0 radical (unpaired) electrons. The smallest absolute Gasteiger partial charge is 0.311 e. The number of carboxylic acid groups (broad SMARTS) is 1. The normalized spacial score (nSPS) is 32.2. The molecule has 13 heteroatoms. The molecule has 0 amide bonds. The van der Waals surface area contributed by atoms with Crippen LogP contribution in [0.5, 0.6) is 0 Å². The first-order chi connectivity index (χ1) is 26.6. The Morgan fingerprint density at radius 3 is 1.20 bits per heavy atom. The Morgan fingerprint density at radius 1 is 0.500 bits per heavy atom. The third-order valence-electron chi connectivity index (χ3n) is 12.7. The molecule has 0 aliphatic carbocycles. The Balaban J connectivity index is 1.13. The highest BCUT2D eigenvalue weighted by molar-refractivity contribution is 5.74. The molecule has 0 spiro atoms. The number of rotatable bonds is 22. The summed E-state index contributed by atoms with van der Waals surface area (Å²) >= 11 is 0. The lowest BCUT2D eigenvalue weighted by atomic mass is 10.00. The van der Waals surface area contributed by atoms with Gasteiger partial charge in [0.2, 0.25) is 0 Å². The van der Waals surface area contributed by atoms with E-state index in [1.165, 1.54) is 0 Å². The molecule has 4 saturated heterocycles. The van der Waals surface area contributed by atoms with E-state index in [0.717, 1.165) is 38.5 Å². The molecule has 0 aromatic carbocycles. The number of esters is 3. The maximum atomic E-state index is 13.2. The van der Waals surface area contributed by atoms with E-state index in [1.807, 2.05) is 48.5 Å². The van der Waals surface area contributed by atoms with E-state index in [9.17, 15) is 29.4 Å². The van der Waals surface area contributed by atoms with E-state index in [1.54, 1.807) is 6.92 Å². The highest BCUT2D eigenvalue weighted by atomic mass is 16.6. The summed E-state index contributed by atoms with van der Waals surface area (Å²) < 4.78 is 42.4. The molecule has 16 atom stereocenters.